The number of hydrogen-bond acceptors (Lipinski definition) is 2. The van der Waals surface area contributed by atoms with E-state index in [9.17, 15) is 4.39 Å². The molecule has 0 saturated carbocycles. The first-order chi connectivity index (χ1) is 6.75. The number of halogens is 2. The van der Waals surface area contributed by atoms with Crippen molar-refractivity contribution in [2.45, 2.75) is 6.54 Å². The Balaban J connectivity index is 2.25. The van der Waals surface area contributed by atoms with Crippen LogP contribution in [-0.2, 0) is 6.54 Å². The third-order valence-electron chi connectivity index (χ3n) is 1.81. The van der Waals surface area contributed by atoms with Gasteiger partial charge in [0.25, 0.3) is 0 Å². The standard InChI is InChI=1S/C9H7BrFN3/c10-8-2-1-7(9(11)3-8)4-14-6-12-5-13-14/h1-3,5-6H,4H2. The summed E-state index contributed by atoms with van der Waals surface area (Å²) in [4.78, 5) is 3.79. The van der Waals surface area contributed by atoms with Crippen LogP contribution in [0, 0.1) is 5.82 Å². The molecule has 0 fully saturated rings. The van der Waals surface area contributed by atoms with Crippen LogP contribution >= 0.6 is 15.9 Å². The summed E-state index contributed by atoms with van der Waals surface area (Å²) in [6.07, 6.45) is 2.98. The van der Waals surface area contributed by atoms with E-state index < -0.39 is 0 Å². The minimum Gasteiger partial charge on any atom is -0.248 e. The Hall–Kier alpha value is -1.23. The van der Waals surface area contributed by atoms with Crippen LogP contribution in [-0.4, -0.2) is 14.8 Å². The summed E-state index contributed by atoms with van der Waals surface area (Å²) in [6, 6.07) is 4.96. The van der Waals surface area contributed by atoms with Gasteiger partial charge in [0.2, 0.25) is 0 Å². The lowest BCUT2D eigenvalue weighted by molar-refractivity contribution is 0.584. The molecule has 1 aromatic heterocycles. The highest BCUT2D eigenvalue weighted by atomic mass is 79.9. The molecule has 0 saturated heterocycles. The smallest absolute Gasteiger partial charge is 0.137 e. The van der Waals surface area contributed by atoms with Crippen LogP contribution in [0.2, 0.25) is 0 Å². The van der Waals surface area contributed by atoms with Gasteiger partial charge in [-0.25, -0.2) is 14.1 Å². The zero-order chi connectivity index (χ0) is 9.97. The van der Waals surface area contributed by atoms with Gasteiger partial charge in [0.05, 0.1) is 6.54 Å². The Morgan fingerprint density at radius 2 is 2.29 bits per heavy atom. The van der Waals surface area contributed by atoms with E-state index in [1.54, 1.807) is 23.1 Å². The molecule has 0 amide bonds. The van der Waals surface area contributed by atoms with E-state index in [-0.39, 0.29) is 5.82 Å². The molecule has 3 nitrogen and oxygen atoms in total. The Labute approximate surface area is 88.7 Å². The van der Waals surface area contributed by atoms with E-state index in [2.05, 4.69) is 26.0 Å². The summed E-state index contributed by atoms with van der Waals surface area (Å²) in [5.41, 5.74) is 0.596. The van der Waals surface area contributed by atoms with E-state index in [1.807, 2.05) is 0 Å². The van der Waals surface area contributed by atoms with Gasteiger partial charge in [-0.15, -0.1) is 0 Å². The highest BCUT2D eigenvalue weighted by Gasteiger charge is 2.03. The molecule has 2 rings (SSSR count). The largest absolute Gasteiger partial charge is 0.248 e. The summed E-state index contributed by atoms with van der Waals surface area (Å²) in [6.45, 7) is 0.402. The summed E-state index contributed by atoms with van der Waals surface area (Å²) < 4.78 is 15.7. The van der Waals surface area contributed by atoms with Crippen LogP contribution < -0.4 is 0 Å². The lowest BCUT2D eigenvalue weighted by Gasteiger charge is -2.02. The molecule has 0 aliphatic heterocycles. The molecule has 0 bridgehead atoms. The van der Waals surface area contributed by atoms with Gasteiger partial charge in [-0.2, -0.15) is 5.10 Å². The molecule has 0 radical (unpaired) electrons. The van der Waals surface area contributed by atoms with Crippen LogP contribution in [0.3, 0.4) is 0 Å². The predicted molar refractivity (Wildman–Crippen MR) is 53.2 cm³/mol. The third-order valence-corrected chi connectivity index (χ3v) is 2.31. The van der Waals surface area contributed by atoms with Gasteiger partial charge in [0, 0.05) is 10.0 Å². The first kappa shape index (κ1) is 9.33. The van der Waals surface area contributed by atoms with E-state index >= 15 is 0 Å². The molecule has 0 spiro atoms. The molecule has 0 aliphatic rings. The van der Waals surface area contributed by atoms with Gasteiger partial charge in [-0.05, 0) is 12.1 Å². The number of hydrogen-bond donors (Lipinski definition) is 0. The minimum atomic E-state index is -0.241. The Kier molecular flexibility index (Phi) is 2.58. The topological polar surface area (TPSA) is 30.7 Å². The molecular weight excluding hydrogens is 249 g/mol. The summed E-state index contributed by atoms with van der Waals surface area (Å²) in [7, 11) is 0. The van der Waals surface area contributed by atoms with Crippen molar-refractivity contribution in [1.82, 2.24) is 14.8 Å². The summed E-state index contributed by atoms with van der Waals surface area (Å²) >= 11 is 3.20. The fourth-order valence-electron chi connectivity index (χ4n) is 1.14. The van der Waals surface area contributed by atoms with Crippen molar-refractivity contribution >= 4 is 15.9 Å². The minimum absolute atomic E-state index is 0.241. The second-order valence-electron chi connectivity index (χ2n) is 2.83. The van der Waals surface area contributed by atoms with Gasteiger partial charge >= 0.3 is 0 Å². The van der Waals surface area contributed by atoms with Crippen molar-refractivity contribution in [3.63, 3.8) is 0 Å². The van der Waals surface area contributed by atoms with E-state index in [0.29, 0.717) is 12.1 Å². The van der Waals surface area contributed by atoms with Crippen molar-refractivity contribution in [3.05, 3.63) is 46.7 Å². The fourth-order valence-corrected chi connectivity index (χ4v) is 1.47. The third kappa shape index (κ3) is 1.98. The SMILES string of the molecule is Fc1cc(Br)ccc1Cn1cncn1. The number of aromatic nitrogens is 3. The lowest BCUT2D eigenvalue weighted by Crippen LogP contribution is -2.02. The fraction of sp³-hybridized carbons (Fsp3) is 0.111. The van der Waals surface area contributed by atoms with Crippen LogP contribution in [0.15, 0.2) is 35.3 Å². The second-order valence-corrected chi connectivity index (χ2v) is 3.74. The molecule has 0 atom stereocenters. The van der Waals surface area contributed by atoms with Crippen LogP contribution in [0.25, 0.3) is 0 Å². The zero-order valence-electron chi connectivity index (χ0n) is 7.19. The molecule has 1 aromatic carbocycles. The van der Waals surface area contributed by atoms with Crippen molar-refractivity contribution < 1.29 is 4.39 Å². The van der Waals surface area contributed by atoms with Crippen LogP contribution in [0.5, 0.6) is 0 Å². The van der Waals surface area contributed by atoms with Gasteiger partial charge in [-0.1, -0.05) is 22.0 Å². The molecule has 14 heavy (non-hydrogen) atoms. The molecule has 5 heteroatoms. The van der Waals surface area contributed by atoms with Crippen molar-refractivity contribution in [2.24, 2.45) is 0 Å². The normalized spacial score (nSPS) is 10.4. The Bertz CT molecular complexity index is 428. The maximum absolute atomic E-state index is 13.4. The monoisotopic (exact) mass is 255 g/mol. The quantitative estimate of drug-likeness (QED) is 0.824. The summed E-state index contributed by atoms with van der Waals surface area (Å²) in [5, 5.41) is 3.90. The van der Waals surface area contributed by atoms with Crippen molar-refractivity contribution in [2.75, 3.05) is 0 Å². The van der Waals surface area contributed by atoms with Gasteiger partial charge in [-0.3, -0.25) is 0 Å². The number of rotatable bonds is 2. The van der Waals surface area contributed by atoms with Gasteiger partial charge in [0.15, 0.2) is 0 Å². The average molecular weight is 256 g/mol. The molecular formula is C9H7BrFN3. The zero-order valence-corrected chi connectivity index (χ0v) is 8.78. The molecule has 1 heterocycles. The Morgan fingerprint density at radius 1 is 1.43 bits per heavy atom. The molecule has 0 N–H and O–H groups in total. The maximum atomic E-state index is 13.4. The number of nitrogens with zero attached hydrogens (tertiary/aromatic N) is 3. The average Bonchev–Trinajstić information content (AvgIpc) is 2.62. The van der Waals surface area contributed by atoms with Crippen molar-refractivity contribution in [1.29, 1.82) is 0 Å². The van der Waals surface area contributed by atoms with Crippen LogP contribution in [0.4, 0.5) is 4.39 Å². The highest BCUT2D eigenvalue weighted by Crippen LogP contribution is 2.15. The van der Waals surface area contributed by atoms with Crippen molar-refractivity contribution in [3.8, 4) is 0 Å². The molecule has 0 aliphatic carbocycles. The van der Waals surface area contributed by atoms with Crippen LogP contribution in [0.1, 0.15) is 5.56 Å². The van der Waals surface area contributed by atoms with E-state index in [1.165, 1.54) is 12.4 Å². The van der Waals surface area contributed by atoms with Gasteiger partial charge < -0.3 is 0 Å². The Morgan fingerprint density at radius 3 is 2.93 bits per heavy atom. The second kappa shape index (κ2) is 3.88. The molecule has 72 valence electrons. The van der Waals surface area contributed by atoms with E-state index in [4.69, 9.17) is 0 Å². The lowest BCUT2D eigenvalue weighted by atomic mass is 10.2. The summed E-state index contributed by atoms with van der Waals surface area (Å²) in [5.74, 6) is -0.241. The van der Waals surface area contributed by atoms with E-state index in [0.717, 1.165) is 4.47 Å². The van der Waals surface area contributed by atoms with Gasteiger partial charge in [0.1, 0.15) is 18.5 Å². The molecule has 0 unspecified atom stereocenters. The maximum Gasteiger partial charge on any atom is 0.137 e. The molecule has 2 aromatic rings. The highest BCUT2D eigenvalue weighted by molar-refractivity contribution is 9.10. The first-order valence-corrected chi connectivity index (χ1v) is 4.81. The number of benzene rings is 1. The first-order valence-electron chi connectivity index (χ1n) is 4.02. The predicted octanol–water partition coefficient (Wildman–Crippen LogP) is 2.23.